The first-order chi connectivity index (χ1) is 12.7. The van der Waals surface area contributed by atoms with E-state index in [1.807, 2.05) is 6.92 Å². The Bertz CT molecular complexity index is 829. The summed E-state index contributed by atoms with van der Waals surface area (Å²) in [6.07, 6.45) is 3.10. The Morgan fingerprint density at radius 1 is 1.36 bits per heavy atom. The summed E-state index contributed by atoms with van der Waals surface area (Å²) in [6.45, 7) is 1.96. The van der Waals surface area contributed by atoms with Crippen molar-refractivity contribution >= 4 is 5.78 Å². The predicted molar refractivity (Wildman–Crippen MR) is 85.9 cm³/mol. The van der Waals surface area contributed by atoms with E-state index in [0.717, 1.165) is 0 Å². The van der Waals surface area contributed by atoms with Crippen LogP contribution in [0.3, 0.4) is 0 Å². The van der Waals surface area contributed by atoms with Crippen molar-refractivity contribution in [3.63, 3.8) is 0 Å². The molecule has 0 saturated heterocycles. The molecule has 1 N–H and O–H groups in total. The number of rotatable bonds is 0. The van der Waals surface area contributed by atoms with Gasteiger partial charge < -0.3 is 5.11 Å². The van der Waals surface area contributed by atoms with Gasteiger partial charge in [0.15, 0.2) is 5.78 Å². The molecular weight excluding hydrogens is 272 g/mol. The van der Waals surface area contributed by atoms with Gasteiger partial charge in [0.25, 0.3) is 0 Å². The highest BCUT2D eigenvalue weighted by Crippen LogP contribution is 2.64. The van der Waals surface area contributed by atoms with Gasteiger partial charge in [-0.25, -0.2) is 0 Å². The first kappa shape index (κ1) is 9.28. The molecule has 0 radical (unpaired) electrons. The van der Waals surface area contributed by atoms with E-state index in [-0.39, 0.29) is 29.7 Å². The van der Waals surface area contributed by atoms with Crippen LogP contribution in [-0.2, 0) is 4.79 Å². The lowest BCUT2D eigenvalue weighted by atomic mass is 9.50. The molecule has 118 valence electrons. The van der Waals surface area contributed by atoms with E-state index in [0.29, 0.717) is 25.7 Å². The molecule has 0 heterocycles. The average Bonchev–Trinajstić information content (AvgIpc) is 2.84. The highest BCUT2D eigenvalue weighted by molar-refractivity contribution is 5.91. The molecule has 3 fully saturated rings. The third-order valence-corrected chi connectivity index (χ3v) is 6.79. The summed E-state index contributed by atoms with van der Waals surface area (Å²) in [4.78, 5) is 12.3. The predicted octanol–water partition coefficient (Wildman–Crippen LogP) is 3.49. The van der Waals surface area contributed by atoms with Gasteiger partial charge in [-0.1, -0.05) is 18.4 Å². The highest BCUT2D eigenvalue weighted by Gasteiger charge is 2.61. The van der Waals surface area contributed by atoms with E-state index in [1.165, 1.54) is 0 Å². The van der Waals surface area contributed by atoms with Crippen molar-refractivity contribution in [3.05, 3.63) is 11.6 Å². The maximum atomic E-state index is 12.3. The van der Waals surface area contributed by atoms with E-state index in [2.05, 4.69) is 5.92 Å². The number of fused-ring (bicyclic) bond motifs is 5. The first-order valence-electron chi connectivity index (χ1n) is 11.2. The Morgan fingerprint density at radius 2 is 2.18 bits per heavy atom. The Labute approximate surface area is 141 Å². The maximum Gasteiger partial charge on any atom is 0.155 e. The zero-order valence-electron chi connectivity index (χ0n) is 18.9. The Kier molecular flexibility index (Phi) is 1.99. The Hall–Kier alpha value is -1.07. The topological polar surface area (TPSA) is 37.3 Å². The fraction of sp³-hybridized carbons (Fsp3) is 0.750. The third-order valence-electron chi connectivity index (χ3n) is 6.79. The van der Waals surface area contributed by atoms with Crippen LogP contribution in [0.5, 0.6) is 0 Å². The molecule has 4 aliphatic carbocycles. The molecule has 6 atom stereocenters. The van der Waals surface area contributed by atoms with Gasteiger partial charge in [0.2, 0.25) is 0 Å². The van der Waals surface area contributed by atoms with Crippen molar-refractivity contribution < 1.29 is 18.1 Å². The monoisotopic (exact) mass is 304 g/mol. The van der Waals surface area contributed by atoms with E-state index in [1.54, 1.807) is 0 Å². The van der Waals surface area contributed by atoms with Gasteiger partial charge in [0.05, 0.1) is 1.37 Å². The van der Waals surface area contributed by atoms with Crippen LogP contribution in [0.4, 0.5) is 0 Å². The molecule has 0 aromatic rings. The minimum absolute atomic E-state index is 0.0659. The van der Waals surface area contributed by atoms with Crippen LogP contribution >= 0.6 is 0 Å². The maximum absolute atomic E-state index is 12.3. The molecule has 0 aromatic carbocycles. The van der Waals surface area contributed by atoms with Crippen LogP contribution in [0.15, 0.2) is 11.6 Å². The number of hydrogen-bond acceptors (Lipinski definition) is 2. The third kappa shape index (κ3) is 1.75. The molecule has 0 aromatic heterocycles. The van der Waals surface area contributed by atoms with E-state index in [9.17, 15) is 11.3 Å². The fourth-order valence-corrected chi connectivity index (χ4v) is 5.45. The van der Waals surface area contributed by atoms with Crippen LogP contribution in [0, 0.1) is 41.4 Å². The standard InChI is InChI=1S/C20H26O2/c1-3-20(22)11-9-18-17-6-4-13-12-14(21)5-7-15(13)16(17)8-10-19(18,20)2/h1,12,15-18,22H,4-11H2,2H3/t15?,16?,17?,18?,19?,20-/m0/s1/i4D2,5D2,12D,15D. The van der Waals surface area contributed by atoms with Crippen molar-refractivity contribution in [3.8, 4) is 12.3 Å². The normalized spacial score (nSPS) is 62.8. The number of ketones is 1. The van der Waals surface area contributed by atoms with E-state index < -0.39 is 47.9 Å². The highest BCUT2D eigenvalue weighted by atomic mass is 16.3. The molecule has 4 rings (SSSR count). The zero-order chi connectivity index (χ0) is 20.9. The smallest absolute Gasteiger partial charge is 0.155 e. The summed E-state index contributed by atoms with van der Waals surface area (Å²) in [7, 11) is 0. The second-order valence-corrected chi connectivity index (χ2v) is 7.47. The molecule has 0 aliphatic heterocycles. The molecule has 0 spiro atoms. The summed E-state index contributed by atoms with van der Waals surface area (Å²) in [5, 5.41) is 11.0. The number of aliphatic hydroxyl groups is 1. The molecule has 0 bridgehead atoms. The van der Waals surface area contributed by atoms with Crippen LogP contribution in [0.2, 0.25) is 0 Å². The van der Waals surface area contributed by atoms with Gasteiger partial charge in [-0.3, -0.25) is 4.79 Å². The lowest BCUT2D eigenvalue weighted by Gasteiger charge is -2.54. The molecule has 3 saturated carbocycles. The number of terminal acetylenes is 1. The number of carbonyl (C=O) groups is 1. The number of allylic oxidation sites excluding steroid dienone is 1. The largest absolute Gasteiger partial charge is 0.377 e. The average molecular weight is 304 g/mol. The summed E-state index contributed by atoms with van der Waals surface area (Å²) >= 11 is 0. The van der Waals surface area contributed by atoms with E-state index >= 15 is 0 Å². The molecule has 4 aliphatic rings. The van der Waals surface area contributed by atoms with E-state index in [4.69, 9.17) is 13.3 Å². The summed E-state index contributed by atoms with van der Waals surface area (Å²) in [5.41, 5.74) is -1.96. The Morgan fingerprint density at radius 3 is 2.95 bits per heavy atom. The summed E-state index contributed by atoms with van der Waals surface area (Å²) < 4.78 is 50.7. The lowest BCUT2D eigenvalue weighted by Crippen LogP contribution is -2.52. The van der Waals surface area contributed by atoms with Crippen molar-refractivity contribution in [1.29, 1.82) is 0 Å². The van der Waals surface area contributed by atoms with Crippen LogP contribution < -0.4 is 0 Å². The van der Waals surface area contributed by atoms with Crippen LogP contribution in [-0.4, -0.2) is 16.5 Å². The lowest BCUT2D eigenvalue weighted by molar-refractivity contribution is -0.116. The van der Waals surface area contributed by atoms with Gasteiger partial charge in [0, 0.05) is 18.6 Å². The molecule has 2 nitrogen and oxygen atoms in total. The summed E-state index contributed by atoms with van der Waals surface area (Å²) in [5.74, 6) is -0.746. The zero-order valence-corrected chi connectivity index (χ0v) is 12.9. The number of carbonyl (C=O) groups excluding carboxylic acids is 1. The quantitative estimate of drug-likeness (QED) is 0.696. The molecule has 0 amide bonds. The van der Waals surface area contributed by atoms with Gasteiger partial charge >= 0.3 is 0 Å². The minimum atomic E-state index is -2.34. The Balaban J connectivity index is 1.85. The molecular formula is C20H26O2. The van der Waals surface area contributed by atoms with Gasteiger partial charge in [0.1, 0.15) is 5.60 Å². The second kappa shape index (κ2) is 4.71. The molecule has 2 heteroatoms. The SMILES string of the molecule is [2H]C1=C2C([2H])([2H])CC3C(CCC4(C)C3CC[C@@]4(O)C#C)C2([2H])CC([2H])([2H])C1=O. The van der Waals surface area contributed by atoms with Gasteiger partial charge in [-0.05, 0) is 74.6 Å². The molecule has 5 unspecified atom stereocenters. The fourth-order valence-electron chi connectivity index (χ4n) is 5.45. The van der Waals surface area contributed by atoms with Crippen molar-refractivity contribution in [2.75, 3.05) is 0 Å². The van der Waals surface area contributed by atoms with Crippen LogP contribution in [0.25, 0.3) is 0 Å². The van der Waals surface area contributed by atoms with Gasteiger partial charge in [-0.2, -0.15) is 0 Å². The number of hydrogen-bond donors (Lipinski definition) is 1. The molecule has 22 heavy (non-hydrogen) atoms. The van der Waals surface area contributed by atoms with Crippen molar-refractivity contribution in [2.24, 2.45) is 29.1 Å². The second-order valence-electron chi connectivity index (χ2n) is 7.47. The van der Waals surface area contributed by atoms with Crippen molar-refractivity contribution in [1.82, 2.24) is 0 Å². The van der Waals surface area contributed by atoms with Crippen molar-refractivity contribution in [2.45, 2.75) is 63.8 Å². The first-order valence-corrected chi connectivity index (χ1v) is 8.20. The van der Waals surface area contributed by atoms with Crippen LogP contribution in [0.1, 0.15) is 66.4 Å². The van der Waals surface area contributed by atoms with Gasteiger partial charge in [-0.15, -0.1) is 6.42 Å². The summed E-state index contributed by atoms with van der Waals surface area (Å²) in [6, 6.07) is -0.658. The minimum Gasteiger partial charge on any atom is -0.377 e.